The van der Waals surface area contributed by atoms with Crippen molar-refractivity contribution in [2.24, 2.45) is 0 Å². The number of ether oxygens (including phenoxy) is 1. The third-order valence-corrected chi connectivity index (χ3v) is 6.50. The molecule has 0 aliphatic carbocycles. The van der Waals surface area contributed by atoms with Crippen molar-refractivity contribution in [1.82, 2.24) is 14.3 Å². The molecule has 0 spiro atoms. The van der Waals surface area contributed by atoms with Gasteiger partial charge in [-0.2, -0.15) is 4.31 Å². The van der Waals surface area contributed by atoms with Gasteiger partial charge in [0, 0.05) is 18.9 Å². The van der Waals surface area contributed by atoms with E-state index < -0.39 is 10.0 Å². The molecular formula is C13H15N3O3S2. The zero-order valence-corrected chi connectivity index (χ0v) is 12.9. The van der Waals surface area contributed by atoms with Crippen molar-refractivity contribution < 1.29 is 13.2 Å². The standard InChI is InChI=1S/C13H15N3O3S2/c17-21(18,13-4-2-8-20-13)16-7-1-3-11(10-16)19-12-9-14-5-6-15-12/h2,4-6,8-9,11H,1,3,7,10H2/t11-/m1/s1. The van der Waals surface area contributed by atoms with E-state index in [1.165, 1.54) is 21.8 Å². The molecule has 0 N–H and O–H groups in total. The average molecular weight is 325 g/mol. The van der Waals surface area contributed by atoms with Gasteiger partial charge in [-0.05, 0) is 24.3 Å². The molecule has 0 amide bonds. The van der Waals surface area contributed by atoms with Crippen LogP contribution in [0.3, 0.4) is 0 Å². The summed E-state index contributed by atoms with van der Waals surface area (Å²) in [6, 6.07) is 3.38. The van der Waals surface area contributed by atoms with Crippen LogP contribution in [0.1, 0.15) is 12.8 Å². The lowest BCUT2D eigenvalue weighted by atomic mass is 10.1. The van der Waals surface area contributed by atoms with E-state index in [1.54, 1.807) is 29.9 Å². The zero-order valence-electron chi connectivity index (χ0n) is 11.3. The van der Waals surface area contributed by atoms with Crippen molar-refractivity contribution >= 4 is 21.4 Å². The quantitative estimate of drug-likeness (QED) is 0.856. The third kappa shape index (κ3) is 3.22. The lowest BCUT2D eigenvalue weighted by molar-refractivity contribution is 0.124. The van der Waals surface area contributed by atoms with Crippen molar-refractivity contribution in [3.05, 3.63) is 36.1 Å². The summed E-state index contributed by atoms with van der Waals surface area (Å²) >= 11 is 1.24. The van der Waals surface area contributed by atoms with Gasteiger partial charge in [0.05, 0.1) is 12.7 Å². The van der Waals surface area contributed by atoms with Crippen molar-refractivity contribution in [1.29, 1.82) is 0 Å². The molecule has 6 nitrogen and oxygen atoms in total. The fourth-order valence-corrected chi connectivity index (χ4v) is 4.93. The fraction of sp³-hybridized carbons (Fsp3) is 0.385. The maximum absolute atomic E-state index is 12.5. The van der Waals surface area contributed by atoms with Crippen LogP contribution in [0.25, 0.3) is 0 Å². The molecule has 0 saturated carbocycles. The van der Waals surface area contributed by atoms with Crippen LogP contribution in [-0.4, -0.2) is 41.9 Å². The van der Waals surface area contributed by atoms with Gasteiger partial charge in [-0.25, -0.2) is 13.4 Å². The van der Waals surface area contributed by atoms with Crippen LogP contribution in [0, 0.1) is 0 Å². The summed E-state index contributed by atoms with van der Waals surface area (Å²) in [7, 11) is -3.41. The van der Waals surface area contributed by atoms with E-state index in [0.717, 1.165) is 12.8 Å². The molecule has 1 atom stereocenters. The second-order valence-corrected chi connectivity index (χ2v) is 7.83. The summed E-state index contributed by atoms with van der Waals surface area (Å²) < 4.78 is 32.6. The minimum atomic E-state index is -3.41. The molecule has 0 aromatic carbocycles. The molecule has 0 radical (unpaired) electrons. The minimum absolute atomic E-state index is 0.190. The Balaban J connectivity index is 1.71. The van der Waals surface area contributed by atoms with Gasteiger partial charge < -0.3 is 4.74 Å². The van der Waals surface area contributed by atoms with E-state index in [-0.39, 0.29) is 6.10 Å². The van der Waals surface area contributed by atoms with Gasteiger partial charge in [-0.15, -0.1) is 11.3 Å². The van der Waals surface area contributed by atoms with Crippen LogP contribution < -0.4 is 4.74 Å². The first-order valence-corrected chi connectivity index (χ1v) is 8.94. The molecule has 1 aliphatic heterocycles. The van der Waals surface area contributed by atoms with Gasteiger partial charge in [0.25, 0.3) is 10.0 Å². The Hall–Kier alpha value is -1.51. The maximum atomic E-state index is 12.5. The van der Waals surface area contributed by atoms with Crippen molar-refractivity contribution in [2.75, 3.05) is 13.1 Å². The van der Waals surface area contributed by atoms with Crippen molar-refractivity contribution in [3.63, 3.8) is 0 Å². The number of thiophene rings is 1. The molecule has 8 heteroatoms. The van der Waals surface area contributed by atoms with Crippen molar-refractivity contribution in [3.8, 4) is 5.88 Å². The van der Waals surface area contributed by atoms with E-state index in [2.05, 4.69) is 9.97 Å². The SMILES string of the molecule is O=S(=O)(c1cccs1)N1CCC[C@@H](Oc2cnccn2)C1. The van der Waals surface area contributed by atoms with E-state index in [4.69, 9.17) is 4.74 Å². The average Bonchev–Trinajstić information content (AvgIpc) is 3.04. The lowest BCUT2D eigenvalue weighted by Gasteiger charge is -2.31. The van der Waals surface area contributed by atoms with Crippen LogP contribution >= 0.6 is 11.3 Å². The van der Waals surface area contributed by atoms with Gasteiger partial charge >= 0.3 is 0 Å². The highest BCUT2D eigenvalue weighted by atomic mass is 32.2. The normalized spacial score (nSPS) is 20.3. The van der Waals surface area contributed by atoms with Crippen LogP contribution in [0.4, 0.5) is 0 Å². The summed E-state index contributed by atoms with van der Waals surface area (Å²) in [5.74, 6) is 0.429. The molecule has 1 fully saturated rings. The summed E-state index contributed by atoms with van der Waals surface area (Å²) in [6.45, 7) is 0.872. The second-order valence-electron chi connectivity index (χ2n) is 4.72. The first kappa shape index (κ1) is 14.4. The molecule has 112 valence electrons. The summed E-state index contributed by atoms with van der Waals surface area (Å²) in [5.41, 5.74) is 0. The molecule has 3 rings (SSSR count). The minimum Gasteiger partial charge on any atom is -0.472 e. The lowest BCUT2D eigenvalue weighted by Crippen LogP contribution is -2.44. The molecule has 2 aromatic rings. The predicted octanol–water partition coefficient (Wildman–Crippen LogP) is 1.77. The Morgan fingerprint density at radius 1 is 1.38 bits per heavy atom. The predicted molar refractivity (Wildman–Crippen MR) is 78.8 cm³/mol. The van der Waals surface area contributed by atoms with E-state index in [0.29, 0.717) is 23.2 Å². The van der Waals surface area contributed by atoms with Gasteiger partial charge in [-0.3, -0.25) is 4.98 Å². The van der Waals surface area contributed by atoms with Crippen LogP contribution in [-0.2, 0) is 10.0 Å². The highest BCUT2D eigenvalue weighted by Crippen LogP contribution is 2.25. The number of piperidine rings is 1. The Morgan fingerprint density at radius 3 is 3.00 bits per heavy atom. The van der Waals surface area contributed by atoms with E-state index in [1.807, 2.05) is 0 Å². The van der Waals surface area contributed by atoms with Gasteiger partial charge in [0.15, 0.2) is 0 Å². The molecule has 3 heterocycles. The Labute approximate surface area is 127 Å². The highest BCUT2D eigenvalue weighted by Gasteiger charge is 2.31. The zero-order chi connectivity index (χ0) is 14.7. The number of rotatable bonds is 4. The molecule has 2 aromatic heterocycles. The monoisotopic (exact) mass is 325 g/mol. The van der Waals surface area contributed by atoms with Gasteiger partial charge in [-0.1, -0.05) is 6.07 Å². The highest BCUT2D eigenvalue weighted by molar-refractivity contribution is 7.91. The summed E-state index contributed by atoms with van der Waals surface area (Å²) in [4.78, 5) is 8.00. The summed E-state index contributed by atoms with van der Waals surface area (Å²) in [5, 5.41) is 1.77. The molecular weight excluding hydrogens is 310 g/mol. The van der Waals surface area contributed by atoms with Crippen LogP contribution in [0.2, 0.25) is 0 Å². The van der Waals surface area contributed by atoms with Crippen LogP contribution in [0.5, 0.6) is 5.88 Å². The van der Waals surface area contributed by atoms with E-state index >= 15 is 0 Å². The van der Waals surface area contributed by atoms with Crippen molar-refractivity contribution in [2.45, 2.75) is 23.2 Å². The fourth-order valence-electron chi connectivity index (χ4n) is 2.27. The summed E-state index contributed by atoms with van der Waals surface area (Å²) in [6.07, 6.45) is 6.06. The Bertz CT molecular complexity index is 674. The molecule has 1 aliphatic rings. The molecule has 0 unspecified atom stereocenters. The number of aromatic nitrogens is 2. The number of hydrogen-bond donors (Lipinski definition) is 0. The number of nitrogens with zero attached hydrogens (tertiary/aromatic N) is 3. The molecule has 1 saturated heterocycles. The topological polar surface area (TPSA) is 72.4 Å². The number of hydrogen-bond acceptors (Lipinski definition) is 6. The number of sulfonamides is 1. The van der Waals surface area contributed by atoms with Crippen LogP contribution in [0.15, 0.2) is 40.3 Å². The van der Waals surface area contributed by atoms with E-state index in [9.17, 15) is 8.42 Å². The molecule has 21 heavy (non-hydrogen) atoms. The Kier molecular flexibility index (Phi) is 4.18. The smallest absolute Gasteiger partial charge is 0.252 e. The van der Waals surface area contributed by atoms with Gasteiger partial charge in [0.2, 0.25) is 5.88 Å². The largest absolute Gasteiger partial charge is 0.472 e. The second kappa shape index (κ2) is 6.08. The van der Waals surface area contributed by atoms with Gasteiger partial charge in [0.1, 0.15) is 10.3 Å². The Morgan fingerprint density at radius 2 is 2.29 bits per heavy atom. The third-order valence-electron chi connectivity index (χ3n) is 3.26. The first-order valence-electron chi connectivity index (χ1n) is 6.62. The first-order chi connectivity index (χ1) is 10.2. The molecule has 0 bridgehead atoms. The maximum Gasteiger partial charge on any atom is 0.252 e.